The van der Waals surface area contributed by atoms with Crippen LogP contribution in [-0.2, 0) is 53.2 Å². The van der Waals surface area contributed by atoms with Crippen molar-refractivity contribution < 1.29 is 19.1 Å². The first kappa shape index (κ1) is 37.1. The molecule has 6 rings (SSSR count). The maximum absolute atomic E-state index is 13.4. The second kappa shape index (κ2) is 15.0. The molecule has 0 bridgehead atoms. The van der Waals surface area contributed by atoms with Crippen LogP contribution in [-0.4, -0.2) is 50.3 Å². The van der Waals surface area contributed by atoms with Gasteiger partial charge in [-0.2, -0.15) is 0 Å². The number of hydrogen-bond donors (Lipinski definition) is 0. The molecule has 270 valence electrons. The van der Waals surface area contributed by atoms with Crippen molar-refractivity contribution in [1.29, 1.82) is 0 Å². The monoisotopic (exact) mass is 684 g/mol. The fourth-order valence-corrected chi connectivity index (χ4v) is 7.70. The molecule has 2 saturated heterocycles. The highest BCUT2D eigenvalue weighted by Crippen LogP contribution is 2.38. The zero-order valence-electron chi connectivity index (χ0n) is 31.7. The average Bonchev–Trinajstić information content (AvgIpc) is 3.52. The van der Waals surface area contributed by atoms with Gasteiger partial charge in [0, 0.05) is 26.2 Å². The topological polar surface area (TPSA) is 93.8 Å². The van der Waals surface area contributed by atoms with Crippen LogP contribution in [0.3, 0.4) is 0 Å². The van der Waals surface area contributed by atoms with Crippen LogP contribution in [0.5, 0.6) is 5.88 Å². The predicted molar refractivity (Wildman–Crippen MR) is 197 cm³/mol. The quantitative estimate of drug-likeness (QED) is 0.196. The molecule has 2 aromatic carbocycles. The van der Waals surface area contributed by atoms with Gasteiger partial charge < -0.3 is 4.74 Å². The number of hydrogen-bond acceptors (Lipinski definition) is 5. The van der Waals surface area contributed by atoms with Crippen molar-refractivity contribution in [2.45, 2.75) is 133 Å². The van der Waals surface area contributed by atoms with E-state index in [1.807, 2.05) is 25.5 Å². The van der Waals surface area contributed by atoms with Gasteiger partial charge in [0.2, 0.25) is 5.88 Å². The summed E-state index contributed by atoms with van der Waals surface area (Å²) in [5, 5.41) is 3.35. The van der Waals surface area contributed by atoms with E-state index in [2.05, 4.69) is 65.8 Å². The second-order valence-electron chi connectivity index (χ2n) is 15.0. The Morgan fingerprint density at radius 2 is 1.08 bits per heavy atom. The number of amides is 2. The molecule has 0 N–H and O–H groups in total. The fourth-order valence-electron chi connectivity index (χ4n) is 7.70. The van der Waals surface area contributed by atoms with Crippen molar-refractivity contribution in [3.05, 3.63) is 73.6 Å². The molecule has 1 aromatic heterocycles. The molecule has 9 nitrogen and oxygen atoms in total. The van der Waals surface area contributed by atoms with Crippen molar-refractivity contribution in [1.82, 2.24) is 19.4 Å². The number of aryl methyl sites for hydroxylation is 6. The zero-order chi connectivity index (χ0) is 36.5. The Balaban J connectivity index is 0.000000200. The van der Waals surface area contributed by atoms with E-state index in [9.17, 15) is 19.2 Å². The van der Waals surface area contributed by atoms with Gasteiger partial charge >= 0.3 is 5.97 Å². The summed E-state index contributed by atoms with van der Waals surface area (Å²) in [5.74, 6) is -0.583. The van der Waals surface area contributed by atoms with E-state index in [4.69, 9.17) is 4.74 Å². The number of nitrogens with zero attached hydrogens (tertiary/aromatic N) is 4. The van der Waals surface area contributed by atoms with Crippen LogP contribution in [0.25, 0.3) is 11.1 Å². The minimum atomic E-state index is -0.640. The average molecular weight is 685 g/mol. The normalized spacial score (nSPS) is 16.3. The Hall–Kier alpha value is -4.14. The van der Waals surface area contributed by atoms with Gasteiger partial charge in [-0.15, -0.1) is 0 Å². The Bertz CT molecular complexity index is 1770. The number of aromatic nitrogens is 2. The molecule has 50 heavy (non-hydrogen) atoms. The van der Waals surface area contributed by atoms with E-state index in [-0.39, 0.29) is 23.3 Å². The van der Waals surface area contributed by atoms with Crippen molar-refractivity contribution >= 4 is 17.8 Å². The van der Waals surface area contributed by atoms with Gasteiger partial charge in [-0.25, -0.2) is 4.68 Å². The summed E-state index contributed by atoms with van der Waals surface area (Å²) in [6.45, 7) is 20.8. The van der Waals surface area contributed by atoms with Gasteiger partial charge in [0.25, 0.3) is 17.4 Å². The molecular formula is C41H56N4O5. The summed E-state index contributed by atoms with van der Waals surface area (Å²) in [7, 11) is 0. The van der Waals surface area contributed by atoms with Crippen molar-refractivity contribution in [2.75, 3.05) is 13.1 Å². The van der Waals surface area contributed by atoms with Gasteiger partial charge in [-0.1, -0.05) is 63.1 Å². The third-order valence-corrected chi connectivity index (χ3v) is 10.3. The number of benzene rings is 2. The first-order valence-electron chi connectivity index (χ1n) is 18.7. The van der Waals surface area contributed by atoms with Crippen LogP contribution < -0.4 is 10.3 Å². The SMILES string of the molecule is CCc1cc(C)cc(CC)c1-c1c(OC(=O)C(C)(C)C)n2n(c1=O)CCCC2.CCc1cc(C)cc(CC)c1C1C(=O)N2CCCCN2C1=O. The first-order valence-corrected chi connectivity index (χ1v) is 18.7. The van der Waals surface area contributed by atoms with Crippen LogP contribution >= 0.6 is 0 Å². The standard InChI is InChI=1S/C23H32N2O3.C18H24N2O2/c1-7-16-13-15(3)14-17(8-2)18(16)19-20(26)24-11-9-10-12-25(24)21(19)28-22(27)23(4,5)6;1-4-13-10-12(3)11-14(5-2)15(13)16-17(21)19-8-6-7-9-20(19)18(16)22/h13-14H,7-12H2,1-6H3;10-11,16H,4-9H2,1-3H3. The molecule has 2 fully saturated rings. The minimum Gasteiger partial charge on any atom is -0.407 e. The number of carbonyl (C=O) groups is 3. The van der Waals surface area contributed by atoms with E-state index in [1.165, 1.54) is 11.1 Å². The number of fused-ring (bicyclic) bond motifs is 2. The Morgan fingerprint density at radius 1 is 0.660 bits per heavy atom. The second-order valence-corrected chi connectivity index (χ2v) is 15.0. The highest BCUT2D eigenvalue weighted by Gasteiger charge is 2.48. The van der Waals surface area contributed by atoms with Gasteiger partial charge in [-0.3, -0.25) is 33.9 Å². The zero-order valence-corrected chi connectivity index (χ0v) is 31.7. The lowest BCUT2D eigenvalue weighted by atomic mass is 9.85. The predicted octanol–water partition coefficient (Wildman–Crippen LogP) is 7.08. The number of esters is 1. The van der Waals surface area contributed by atoms with E-state index < -0.39 is 11.3 Å². The lowest BCUT2D eigenvalue weighted by molar-refractivity contribution is -0.150. The highest BCUT2D eigenvalue weighted by atomic mass is 16.5. The largest absolute Gasteiger partial charge is 0.407 e. The number of carbonyl (C=O) groups excluding carboxylic acids is 3. The van der Waals surface area contributed by atoms with Crippen LogP contribution in [0.1, 0.15) is 119 Å². The van der Waals surface area contributed by atoms with Crippen molar-refractivity contribution in [2.24, 2.45) is 5.41 Å². The summed E-state index contributed by atoms with van der Waals surface area (Å²) in [6.07, 6.45) is 7.24. The number of hydrazine groups is 1. The Morgan fingerprint density at radius 3 is 1.52 bits per heavy atom. The van der Waals surface area contributed by atoms with Crippen LogP contribution in [0.2, 0.25) is 0 Å². The van der Waals surface area contributed by atoms with E-state index in [0.29, 0.717) is 37.6 Å². The highest BCUT2D eigenvalue weighted by molar-refractivity contribution is 6.10. The first-order chi connectivity index (χ1) is 23.8. The number of ether oxygens (including phenoxy) is 1. The summed E-state index contributed by atoms with van der Waals surface area (Å²) >= 11 is 0. The molecule has 0 saturated carbocycles. The van der Waals surface area contributed by atoms with E-state index in [0.717, 1.165) is 84.7 Å². The molecule has 0 spiro atoms. The molecule has 4 heterocycles. The summed E-state index contributed by atoms with van der Waals surface area (Å²) in [5.41, 5.74) is 8.72. The minimum absolute atomic E-state index is 0.0297. The maximum atomic E-state index is 13.4. The van der Waals surface area contributed by atoms with Gasteiger partial charge in [0.1, 0.15) is 11.5 Å². The maximum Gasteiger partial charge on any atom is 0.317 e. The lowest BCUT2D eigenvalue weighted by Gasteiger charge is -2.31. The van der Waals surface area contributed by atoms with Crippen LogP contribution in [0.4, 0.5) is 0 Å². The Labute approximate surface area is 297 Å². The molecular weight excluding hydrogens is 628 g/mol. The Kier molecular flexibility index (Phi) is 11.1. The third-order valence-electron chi connectivity index (χ3n) is 10.3. The molecule has 0 radical (unpaired) electrons. The van der Waals surface area contributed by atoms with Crippen molar-refractivity contribution in [3.8, 4) is 17.0 Å². The molecule has 9 heteroatoms. The van der Waals surface area contributed by atoms with E-state index >= 15 is 0 Å². The molecule has 2 amide bonds. The molecule has 3 aliphatic heterocycles. The molecule has 0 unspecified atom stereocenters. The molecule has 0 atom stereocenters. The van der Waals surface area contributed by atoms with Crippen LogP contribution in [0, 0.1) is 19.3 Å². The molecule has 3 aliphatic rings. The van der Waals surface area contributed by atoms with Gasteiger partial charge in [0.15, 0.2) is 0 Å². The van der Waals surface area contributed by atoms with Gasteiger partial charge in [-0.05, 0) is 119 Å². The number of rotatable bonds is 7. The fraction of sp³-hybridized carbons (Fsp3) is 0.561. The summed E-state index contributed by atoms with van der Waals surface area (Å²) in [6, 6.07) is 8.54. The lowest BCUT2D eigenvalue weighted by Crippen LogP contribution is -2.45. The smallest absolute Gasteiger partial charge is 0.317 e. The van der Waals surface area contributed by atoms with Crippen LogP contribution in [0.15, 0.2) is 29.1 Å². The summed E-state index contributed by atoms with van der Waals surface area (Å²) in [4.78, 5) is 51.8. The summed E-state index contributed by atoms with van der Waals surface area (Å²) < 4.78 is 9.55. The van der Waals surface area contributed by atoms with E-state index in [1.54, 1.807) is 14.7 Å². The van der Waals surface area contributed by atoms with Crippen molar-refractivity contribution in [3.63, 3.8) is 0 Å². The molecule has 3 aromatic rings. The molecule has 0 aliphatic carbocycles. The van der Waals surface area contributed by atoms with Gasteiger partial charge in [0.05, 0.1) is 5.41 Å². The third kappa shape index (κ3) is 6.93.